The maximum atomic E-state index is 13.1. The minimum atomic E-state index is -0.309. The average molecular weight is 412 g/mol. The molecule has 154 valence electrons. The third kappa shape index (κ3) is 3.87. The molecule has 0 N–H and O–H groups in total. The number of hydrogen-bond acceptors (Lipinski definition) is 6. The number of amides is 1. The molecule has 3 heterocycles. The van der Waals surface area contributed by atoms with Gasteiger partial charge in [-0.25, -0.2) is 5.01 Å². The third-order valence-electron chi connectivity index (χ3n) is 5.18. The summed E-state index contributed by atoms with van der Waals surface area (Å²) in [7, 11) is 0. The van der Waals surface area contributed by atoms with E-state index in [1.807, 2.05) is 73.7 Å². The van der Waals surface area contributed by atoms with E-state index in [9.17, 15) is 4.79 Å². The summed E-state index contributed by atoms with van der Waals surface area (Å²) in [6.07, 6.45) is 2.18. The number of tetrazole rings is 1. The molecule has 4 aromatic rings. The van der Waals surface area contributed by atoms with Gasteiger partial charge in [0.05, 0.1) is 12.0 Å². The van der Waals surface area contributed by atoms with Gasteiger partial charge < -0.3 is 4.42 Å². The van der Waals surface area contributed by atoms with E-state index in [1.165, 1.54) is 15.4 Å². The van der Waals surface area contributed by atoms with Crippen molar-refractivity contribution >= 4 is 11.6 Å². The fourth-order valence-corrected chi connectivity index (χ4v) is 3.57. The summed E-state index contributed by atoms with van der Waals surface area (Å²) in [5, 5.41) is 18.5. The number of aromatic nitrogens is 4. The summed E-state index contributed by atoms with van der Waals surface area (Å²) in [6.45, 7) is 1.97. The van der Waals surface area contributed by atoms with Crippen molar-refractivity contribution in [3.63, 3.8) is 0 Å². The number of rotatable bonds is 5. The number of nitrogens with zero attached hydrogens (tertiary/aromatic N) is 6. The van der Waals surface area contributed by atoms with Gasteiger partial charge in [-0.2, -0.15) is 9.90 Å². The number of furan rings is 1. The number of hydrogen-bond donors (Lipinski definition) is 0. The first-order valence-electron chi connectivity index (χ1n) is 10.0. The number of benzene rings is 2. The van der Waals surface area contributed by atoms with Gasteiger partial charge in [-0.05, 0) is 29.8 Å². The van der Waals surface area contributed by atoms with Gasteiger partial charge in [0.25, 0.3) is 5.91 Å². The van der Waals surface area contributed by atoms with E-state index >= 15 is 0 Å². The van der Waals surface area contributed by atoms with Crippen molar-refractivity contribution in [2.75, 3.05) is 0 Å². The van der Waals surface area contributed by atoms with E-state index in [-0.39, 0.29) is 18.5 Å². The molecule has 2 aromatic carbocycles. The highest BCUT2D eigenvalue weighted by atomic mass is 16.3. The zero-order valence-corrected chi connectivity index (χ0v) is 16.9. The van der Waals surface area contributed by atoms with Crippen molar-refractivity contribution in [3.05, 3.63) is 89.9 Å². The Labute approximate surface area is 178 Å². The number of carbonyl (C=O) groups excluding carboxylic acids is 1. The Balaban J connectivity index is 1.40. The first kappa shape index (κ1) is 18.9. The van der Waals surface area contributed by atoms with E-state index in [0.29, 0.717) is 18.0 Å². The van der Waals surface area contributed by atoms with Gasteiger partial charge in [0.1, 0.15) is 18.3 Å². The van der Waals surface area contributed by atoms with Gasteiger partial charge in [-0.3, -0.25) is 4.79 Å². The molecule has 0 spiro atoms. The van der Waals surface area contributed by atoms with Crippen molar-refractivity contribution < 1.29 is 9.21 Å². The van der Waals surface area contributed by atoms with E-state index < -0.39 is 0 Å². The molecule has 8 heteroatoms. The number of hydrazone groups is 1. The van der Waals surface area contributed by atoms with Gasteiger partial charge in [0.2, 0.25) is 5.82 Å². The Kier molecular flexibility index (Phi) is 4.87. The first-order valence-corrected chi connectivity index (χ1v) is 10.0. The molecular weight excluding hydrogens is 392 g/mol. The molecule has 0 aliphatic carbocycles. The van der Waals surface area contributed by atoms with Crippen molar-refractivity contribution in [1.82, 2.24) is 25.2 Å². The Morgan fingerprint density at radius 1 is 1.03 bits per heavy atom. The fraction of sp³-hybridized carbons (Fsp3) is 0.174. The van der Waals surface area contributed by atoms with Crippen LogP contribution < -0.4 is 0 Å². The Morgan fingerprint density at radius 3 is 2.58 bits per heavy atom. The molecule has 1 aliphatic heterocycles. The summed E-state index contributed by atoms with van der Waals surface area (Å²) in [4.78, 5) is 14.4. The van der Waals surface area contributed by atoms with Crippen LogP contribution in [-0.4, -0.2) is 36.8 Å². The molecule has 0 saturated heterocycles. The molecule has 0 unspecified atom stereocenters. The number of aryl methyl sites for hydroxylation is 1. The van der Waals surface area contributed by atoms with E-state index in [0.717, 1.165) is 16.8 Å². The lowest BCUT2D eigenvalue weighted by atomic mass is 10.0. The molecule has 5 rings (SSSR count). The third-order valence-corrected chi connectivity index (χ3v) is 5.18. The van der Waals surface area contributed by atoms with Crippen LogP contribution in [0.15, 0.2) is 82.5 Å². The SMILES string of the molecule is Cc1ccc(C2=NN(C(=O)Cn3nnc(-c4ccccc4)n3)[C@@H](c3ccco3)C2)cc1. The Morgan fingerprint density at radius 2 is 1.84 bits per heavy atom. The maximum absolute atomic E-state index is 13.1. The van der Waals surface area contributed by atoms with Crippen molar-refractivity contribution in [2.24, 2.45) is 5.10 Å². The molecule has 0 fully saturated rings. The molecule has 0 saturated carbocycles. The predicted octanol–water partition coefficient (Wildman–Crippen LogP) is 3.62. The quantitative estimate of drug-likeness (QED) is 0.499. The second kappa shape index (κ2) is 7.98. The van der Waals surface area contributed by atoms with Gasteiger partial charge in [-0.15, -0.1) is 10.2 Å². The minimum absolute atomic E-state index is 0.0677. The van der Waals surface area contributed by atoms with Crippen LogP contribution in [0.4, 0.5) is 0 Å². The van der Waals surface area contributed by atoms with E-state index in [2.05, 4.69) is 20.5 Å². The van der Waals surface area contributed by atoms with Crippen LogP contribution in [0.3, 0.4) is 0 Å². The van der Waals surface area contributed by atoms with Crippen LogP contribution in [0.2, 0.25) is 0 Å². The first-order chi connectivity index (χ1) is 15.2. The van der Waals surface area contributed by atoms with Crippen LogP contribution >= 0.6 is 0 Å². The molecule has 1 aliphatic rings. The lowest BCUT2D eigenvalue weighted by Gasteiger charge is -2.19. The topological polar surface area (TPSA) is 89.4 Å². The molecule has 1 amide bonds. The summed E-state index contributed by atoms with van der Waals surface area (Å²) in [6, 6.07) is 21.0. The van der Waals surface area contributed by atoms with Crippen molar-refractivity contribution in [3.8, 4) is 11.4 Å². The van der Waals surface area contributed by atoms with Crippen molar-refractivity contribution in [1.29, 1.82) is 0 Å². The number of carbonyl (C=O) groups is 1. The van der Waals surface area contributed by atoms with Gasteiger partial charge >= 0.3 is 0 Å². The largest absolute Gasteiger partial charge is 0.467 e. The highest BCUT2D eigenvalue weighted by molar-refractivity contribution is 6.03. The molecule has 31 heavy (non-hydrogen) atoms. The minimum Gasteiger partial charge on any atom is -0.467 e. The monoisotopic (exact) mass is 412 g/mol. The molecule has 2 aromatic heterocycles. The fourth-order valence-electron chi connectivity index (χ4n) is 3.57. The van der Waals surface area contributed by atoms with Crippen molar-refractivity contribution in [2.45, 2.75) is 25.9 Å². The standard InChI is InChI=1S/C23H20N6O2/c1-16-9-11-17(12-10-16)19-14-20(21-8-5-13-31-21)29(25-19)22(30)15-28-26-23(24-27-28)18-6-3-2-4-7-18/h2-13,20H,14-15H2,1H3/t20-/m1/s1. The normalized spacial score (nSPS) is 15.8. The van der Waals surface area contributed by atoms with Crippen LogP contribution in [0.25, 0.3) is 11.4 Å². The van der Waals surface area contributed by atoms with Crippen LogP contribution in [0.1, 0.15) is 29.3 Å². The van der Waals surface area contributed by atoms with Gasteiger partial charge in [-0.1, -0.05) is 60.2 Å². The molecule has 0 radical (unpaired) electrons. The van der Waals surface area contributed by atoms with Gasteiger partial charge in [0.15, 0.2) is 0 Å². The highest BCUT2D eigenvalue weighted by Crippen LogP contribution is 2.33. The van der Waals surface area contributed by atoms with Crippen LogP contribution in [0, 0.1) is 6.92 Å². The molecule has 8 nitrogen and oxygen atoms in total. The summed E-state index contributed by atoms with van der Waals surface area (Å²) >= 11 is 0. The van der Waals surface area contributed by atoms with Crippen LogP contribution in [-0.2, 0) is 11.3 Å². The zero-order chi connectivity index (χ0) is 21.2. The zero-order valence-electron chi connectivity index (χ0n) is 16.9. The van der Waals surface area contributed by atoms with E-state index in [4.69, 9.17) is 4.42 Å². The maximum Gasteiger partial charge on any atom is 0.267 e. The summed E-state index contributed by atoms with van der Waals surface area (Å²) in [5.74, 6) is 0.928. The molecular formula is C23H20N6O2. The lowest BCUT2D eigenvalue weighted by molar-refractivity contribution is -0.134. The predicted molar refractivity (Wildman–Crippen MR) is 114 cm³/mol. The van der Waals surface area contributed by atoms with Crippen LogP contribution in [0.5, 0.6) is 0 Å². The Hall–Kier alpha value is -4.07. The van der Waals surface area contributed by atoms with E-state index in [1.54, 1.807) is 6.26 Å². The van der Waals surface area contributed by atoms with Gasteiger partial charge in [0, 0.05) is 12.0 Å². The average Bonchev–Trinajstić information content (AvgIpc) is 3.55. The second-order valence-corrected chi connectivity index (χ2v) is 7.40. The smallest absolute Gasteiger partial charge is 0.267 e. The molecule has 0 bridgehead atoms. The molecule has 1 atom stereocenters. The summed E-state index contributed by atoms with van der Waals surface area (Å²) < 4.78 is 5.60. The lowest BCUT2D eigenvalue weighted by Crippen LogP contribution is -2.31. The highest BCUT2D eigenvalue weighted by Gasteiger charge is 2.35. The summed E-state index contributed by atoms with van der Waals surface area (Å²) in [5.41, 5.74) is 3.84. The Bertz CT molecular complexity index is 1210. The second-order valence-electron chi connectivity index (χ2n) is 7.40.